The Morgan fingerprint density at radius 3 is 2.03 bits per heavy atom. The van der Waals surface area contributed by atoms with E-state index in [0.717, 1.165) is 16.7 Å². The molecule has 37 heavy (non-hydrogen) atoms. The number of rotatable bonds is 4. The molecule has 2 aromatic carbocycles. The summed E-state index contributed by atoms with van der Waals surface area (Å²) >= 11 is 0. The molecule has 0 aliphatic carbocycles. The first-order chi connectivity index (χ1) is 17.6. The van der Waals surface area contributed by atoms with Crippen LogP contribution >= 0.6 is 0 Å². The van der Waals surface area contributed by atoms with Crippen LogP contribution in [0.3, 0.4) is 0 Å². The van der Waals surface area contributed by atoms with Crippen LogP contribution in [0.15, 0.2) is 5.70 Å². The molecular weight excluding hydrogens is 480 g/mol. The zero-order valence-corrected chi connectivity index (χ0v) is 21.8. The molecule has 0 spiro atoms. The fourth-order valence-corrected chi connectivity index (χ4v) is 6.20. The number of methoxy groups -OCH3 is 3. The molecule has 10 nitrogen and oxygen atoms in total. The Morgan fingerprint density at radius 2 is 1.46 bits per heavy atom. The summed E-state index contributed by atoms with van der Waals surface area (Å²) < 4.78 is 16.7. The molecule has 0 saturated carbocycles. The maximum absolute atomic E-state index is 14.0. The molecule has 2 aromatic rings. The number of ether oxygens (including phenoxy) is 3. The highest BCUT2D eigenvalue weighted by atomic mass is 16.5. The summed E-state index contributed by atoms with van der Waals surface area (Å²) in [5.41, 5.74) is 3.76. The second-order valence-electron chi connectivity index (χ2n) is 9.60. The highest BCUT2D eigenvalue weighted by Crippen LogP contribution is 2.57. The lowest BCUT2D eigenvalue weighted by Gasteiger charge is -2.52. The second-order valence-corrected chi connectivity index (χ2v) is 9.60. The van der Waals surface area contributed by atoms with Crippen molar-refractivity contribution in [2.45, 2.75) is 38.9 Å². The van der Waals surface area contributed by atoms with Gasteiger partial charge in [0.2, 0.25) is 0 Å². The second kappa shape index (κ2) is 8.39. The van der Waals surface area contributed by atoms with E-state index in [-0.39, 0.29) is 33.9 Å². The van der Waals surface area contributed by atoms with Gasteiger partial charge in [-0.2, -0.15) is 0 Å². The molecular formula is C27H30N2O8. The van der Waals surface area contributed by atoms with E-state index in [1.54, 1.807) is 11.9 Å². The van der Waals surface area contributed by atoms with Crippen LogP contribution in [-0.2, 0) is 4.79 Å². The zero-order chi connectivity index (χ0) is 27.1. The van der Waals surface area contributed by atoms with E-state index in [2.05, 4.69) is 0 Å². The molecule has 10 heteroatoms. The van der Waals surface area contributed by atoms with E-state index in [1.165, 1.54) is 33.2 Å². The largest absolute Gasteiger partial charge is 0.507 e. The monoisotopic (exact) mass is 510 g/mol. The van der Waals surface area contributed by atoms with Crippen molar-refractivity contribution < 1.29 is 39.1 Å². The Morgan fingerprint density at radius 1 is 0.838 bits per heavy atom. The molecule has 3 aliphatic heterocycles. The van der Waals surface area contributed by atoms with Crippen LogP contribution < -0.4 is 14.2 Å². The molecule has 1 amide bonds. The third-order valence-corrected chi connectivity index (χ3v) is 8.06. The molecule has 3 atom stereocenters. The van der Waals surface area contributed by atoms with Crippen molar-refractivity contribution in [3.8, 4) is 28.7 Å². The summed E-state index contributed by atoms with van der Waals surface area (Å²) in [5, 5.41) is 32.9. The van der Waals surface area contributed by atoms with E-state index >= 15 is 0 Å². The molecule has 3 aliphatic rings. The van der Waals surface area contributed by atoms with Crippen LogP contribution in [-0.4, -0.2) is 77.8 Å². The van der Waals surface area contributed by atoms with Gasteiger partial charge in [0.05, 0.1) is 45.6 Å². The minimum absolute atomic E-state index is 0.0494. The minimum atomic E-state index is -1.26. The Bertz CT molecular complexity index is 1410. The van der Waals surface area contributed by atoms with E-state index in [1.807, 2.05) is 19.9 Å². The highest BCUT2D eigenvalue weighted by molar-refractivity contribution is 6.18. The molecule has 0 radical (unpaired) electrons. The normalized spacial score (nSPS) is 22.2. The number of amides is 1. The number of nitrogens with zero attached hydrogens (tertiary/aromatic N) is 2. The smallest absolute Gasteiger partial charge is 0.252 e. The number of aliphatic hydroxyl groups is 1. The van der Waals surface area contributed by atoms with Gasteiger partial charge < -0.3 is 34.4 Å². The van der Waals surface area contributed by atoms with Gasteiger partial charge in [-0.1, -0.05) is 0 Å². The van der Waals surface area contributed by atoms with E-state index in [9.17, 15) is 24.9 Å². The van der Waals surface area contributed by atoms with Gasteiger partial charge in [0, 0.05) is 22.4 Å². The molecule has 1 saturated heterocycles. The number of piperazine rings is 1. The number of hydrogen-bond donors (Lipinski definition) is 3. The van der Waals surface area contributed by atoms with Crippen LogP contribution in [0.5, 0.6) is 28.7 Å². The molecule has 2 bridgehead atoms. The summed E-state index contributed by atoms with van der Waals surface area (Å²) in [4.78, 5) is 30.6. The van der Waals surface area contributed by atoms with Crippen molar-refractivity contribution in [1.29, 1.82) is 0 Å². The number of fused-ring (bicyclic) bond motifs is 7. The van der Waals surface area contributed by atoms with Crippen molar-refractivity contribution >= 4 is 17.8 Å². The van der Waals surface area contributed by atoms with Crippen LogP contribution in [0.2, 0.25) is 0 Å². The molecule has 0 unspecified atom stereocenters. The fourth-order valence-electron chi connectivity index (χ4n) is 6.20. The predicted molar refractivity (Wildman–Crippen MR) is 133 cm³/mol. The number of carbonyl (C=O) groups excluding carboxylic acids is 2. The van der Waals surface area contributed by atoms with Gasteiger partial charge in [-0.3, -0.25) is 14.5 Å². The Balaban J connectivity index is 1.90. The van der Waals surface area contributed by atoms with E-state index < -0.39 is 36.4 Å². The number of likely N-dealkylation sites (N-methyl/N-ethyl adjacent to an activating group) is 1. The average molecular weight is 511 g/mol. The molecule has 5 rings (SSSR count). The van der Waals surface area contributed by atoms with Crippen molar-refractivity contribution in [1.82, 2.24) is 9.80 Å². The number of aliphatic hydroxyl groups excluding tert-OH is 1. The van der Waals surface area contributed by atoms with Crippen LogP contribution in [0.1, 0.15) is 55.8 Å². The molecule has 3 heterocycles. The van der Waals surface area contributed by atoms with Crippen LogP contribution in [0.4, 0.5) is 0 Å². The van der Waals surface area contributed by atoms with Gasteiger partial charge >= 0.3 is 0 Å². The first-order valence-corrected chi connectivity index (χ1v) is 11.9. The lowest BCUT2D eigenvalue weighted by molar-refractivity contribution is -0.141. The lowest BCUT2D eigenvalue weighted by atomic mass is 9.76. The third kappa shape index (κ3) is 2.93. The summed E-state index contributed by atoms with van der Waals surface area (Å²) in [6, 6.07) is -2.92. The van der Waals surface area contributed by atoms with Crippen LogP contribution in [0, 0.1) is 20.8 Å². The predicted octanol–water partition coefficient (Wildman–Crippen LogP) is 2.52. The summed E-state index contributed by atoms with van der Waals surface area (Å²) in [5.74, 6) is -0.837. The third-order valence-electron chi connectivity index (χ3n) is 8.06. The van der Waals surface area contributed by atoms with E-state index in [0.29, 0.717) is 22.8 Å². The topological polar surface area (TPSA) is 129 Å². The van der Waals surface area contributed by atoms with Gasteiger partial charge in [-0.15, -0.1) is 0 Å². The van der Waals surface area contributed by atoms with Crippen molar-refractivity contribution in [3.63, 3.8) is 0 Å². The zero-order valence-electron chi connectivity index (χ0n) is 21.8. The quantitative estimate of drug-likeness (QED) is 0.420. The molecule has 196 valence electrons. The van der Waals surface area contributed by atoms with Gasteiger partial charge in [0.25, 0.3) is 5.91 Å². The lowest BCUT2D eigenvalue weighted by Crippen LogP contribution is -2.62. The van der Waals surface area contributed by atoms with Gasteiger partial charge in [0.15, 0.2) is 34.8 Å². The summed E-state index contributed by atoms with van der Waals surface area (Å²) in [7, 11) is 6.02. The van der Waals surface area contributed by atoms with Gasteiger partial charge in [-0.25, -0.2) is 0 Å². The van der Waals surface area contributed by atoms with Gasteiger partial charge in [0.1, 0.15) is 5.75 Å². The fraction of sp³-hybridized carbons (Fsp3) is 0.407. The maximum Gasteiger partial charge on any atom is 0.252 e. The highest BCUT2D eigenvalue weighted by Gasteiger charge is 2.56. The number of Topliss-reactive ketones (excluding diaryl/α,β-unsaturated/α-hetero) is 1. The van der Waals surface area contributed by atoms with Crippen molar-refractivity contribution in [2.75, 3.05) is 35.0 Å². The first-order valence-electron chi connectivity index (χ1n) is 11.9. The number of ketones is 1. The van der Waals surface area contributed by atoms with Gasteiger partial charge in [-0.05, 0) is 50.6 Å². The number of phenolic OH excluding ortho intramolecular Hbond substituents is 2. The molecule has 0 aromatic heterocycles. The standard InChI is InChI=1S/C27H30N2O8/c1-10-11(2)25(36-6)26(37-7)16-13(10)8-14-19-17-18(21(31)12(3)24(35-5)23(17)33)22(32)20(28(19)4)27(34)29(14)15(16)9-30/h8,15,19-20,30-31,33H,9H2,1-7H3/t15-,19-,20-/m0/s1. The number of benzene rings is 2. The number of aromatic hydroxyl groups is 2. The maximum atomic E-state index is 14.0. The number of carbonyl (C=O) groups is 2. The molecule has 3 N–H and O–H groups in total. The molecule has 1 fully saturated rings. The van der Waals surface area contributed by atoms with E-state index in [4.69, 9.17) is 14.2 Å². The number of phenols is 2. The summed E-state index contributed by atoms with van der Waals surface area (Å²) in [6.45, 7) is 4.91. The first kappa shape index (κ1) is 24.9. The average Bonchev–Trinajstić information content (AvgIpc) is 2.87. The van der Waals surface area contributed by atoms with Crippen LogP contribution in [0.25, 0.3) is 6.08 Å². The Hall–Kier alpha value is -3.76. The summed E-state index contributed by atoms with van der Waals surface area (Å²) in [6.07, 6.45) is 1.82. The Kier molecular flexibility index (Phi) is 5.65. The number of hydrogen-bond acceptors (Lipinski definition) is 9. The Labute approximate surface area is 214 Å². The minimum Gasteiger partial charge on any atom is -0.507 e. The van der Waals surface area contributed by atoms with Crippen molar-refractivity contribution in [3.05, 3.63) is 44.6 Å². The SMILES string of the molecule is COc1c(C)c(O)c2c(c1O)[C@@H]1C3=Cc4c(C)c(C)c(OC)c(OC)c4[C@H](CO)N3C(=O)[C@H](C2=O)N1C. The van der Waals surface area contributed by atoms with Crippen molar-refractivity contribution in [2.24, 2.45) is 0 Å².